The van der Waals surface area contributed by atoms with Crippen LogP contribution in [-0.2, 0) is 11.3 Å². The van der Waals surface area contributed by atoms with E-state index in [4.69, 9.17) is 5.10 Å². The molecule has 0 saturated carbocycles. The average Bonchev–Trinajstić information content (AvgIpc) is 3.19. The van der Waals surface area contributed by atoms with Gasteiger partial charge in [0.1, 0.15) is 6.54 Å². The van der Waals surface area contributed by atoms with Crippen LogP contribution in [0.1, 0.15) is 18.5 Å². The third kappa shape index (κ3) is 4.82. The number of rotatable bonds is 6. The molecule has 1 saturated heterocycles. The third-order valence-corrected chi connectivity index (χ3v) is 6.06. The molecule has 29 heavy (non-hydrogen) atoms. The van der Waals surface area contributed by atoms with Crippen molar-refractivity contribution in [2.45, 2.75) is 19.5 Å². The lowest BCUT2D eigenvalue weighted by Gasteiger charge is -2.27. The fourth-order valence-corrected chi connectivity index (χ4v) is 4.48. The van der Waals surface area contributed by atoms with Crippen molar-refractivity contribution in [3.63, 3.8) is 0 Å². The van der Waals surface area contributed by atoms with E-state index in [1.807, 2.05) is 73.4 Å². The minimum atomic E-state index is -0.0378. The second-order valence-corrected chi connectivity index (χ2v) is 8.45. The summed E-state index contributed by atoms with van der Waals surface area (Å²) < 4.78 is 1.77. The Hall–Kier alpha value is -2.73. The van der Waals surface area contributed by atoms with Crippen LogP contribution < -0.4 is 10.2 Å². The number of nitrogens with one attached hydrogen (secondary N) is 1. The highest BCUT2D eigenvalue weighted by Crippen LogP contribution is 2.31. The lowest BCUT2D eigenvalue weighted by molar-refractivity contribution is -0.122. The maximum absolute atomic E-state index is 12.6. The van der Waals surface area contributed by atoms with Gasteiger partial charge in [0, 0.05) is 36.4 Å². The van der Waals surface area contributed by atoms with E-state index in [1.54, 1.807) is 4.68 Å². The number of carbonyl (C=O) groups is 1. The number of anilines is 1. The minimum Gasteiger partial charge on any atom is -0.353 e. The van der Waals surface area contributed by atoms with Gasteiger partial charge in [0.05, 0.1) is 6.04 Å². The Morgan fingerprint density at radius 2 is 1.72 bits per heavy atom. The Balaban J connectivity index is 1.53. The van der Waals surface area contributed by atoms with Crippen LogP contribution in [-0.4, -0.2) is 40.3 Å². The van der Waals surface area contributed by atoms with Crippen LogP contribution in [0.15, 0.2) is 66.9 Å². The van der Waals surface area contributed by atoms with Crippen LogP contribution in [0.25, 0.3) is 11.1 Å². The molecule has 1 aliphatic heterocycles. The molecular weight excluding hydrogens is 380 g/mol. The van der Waals surface area contributed by atoms with Gasteiger partial charge in [-0.25, -0.2) is 0 Å². The molecule has 4 rings (SSSR count). The Morgan fingerprint density at radius 3 is 2.41 bits per heavy atom. The fraction of sp³-hybridized carbons (Fsp3) is 0.304. The van der Waals surface area contributed by atoms with Crippen LogP contribution in [0, 0.1) is 0 Å². The highest BCUT2D eigenvalue weighted by Gasteiger charge is 2.20. The second kappa shape index (κ2) is 9.18. The van der Waals surface area contributed by atoms with Crippen LogP contribution in [0.4, 0.5) is 5.82 Å². The molecule has 0 aliphatic carbocycles. The predicted octanol–water partition coefficient (Wildman–Crippen LogP) is 3.98. The number of hydrogen-bond donors (Lipinski definition) is 1. The van der Waals surface area contributed by atoms with E-state index in [0.717, 1.165) is 47.1 Å². The summed E-state index contributed by atoms with van der Waals surface area (Å²) in [6, 6.07) is 20.3. The van der Waals surface area contributed by atoms with Crippen LogP contribution in [0.2, 0.25) is 0 Å². The smallest absolute Gasteiger partial charge is 0.242 e. The summed E-state index contributed by atoms with van der Waals surface area (Å²) in [6.07, 6.45) is 2.00. The lowest BCUT2D eigenvalue weighted by Crippen LogP contribution is -2.33. The Bertz CT molecular complexity index is 936. The quantitative estimate of drug-likeness (QED) is 0.673. The summed E-state index contributed by atoms with van der Waals surface area (Å²) in [5.74, 6) is 3.15. The molecule has 5 nitrogen and oxygen atoms in total. The maximum atomic E-state index is 12.6. The lowest BCUT2D eigenvalue weighted by atomic mass is 10.1. The summed E-state index contributed by atoms with van der Waals surface area (Å²) in [5.41, 5.74) is 3.31. The van der Waals surface area contributed by atoms with Crippen molar-refractivity contribution in [3.8, 4) is 11.1 Å². The van der Waals surface area contributed by atoms with Gasteiger partial charge in [0.15, 0.2) is 5.82 Å². The molecule has 1 unspecified atom stereocenters. The van der Waals surface area contributed by atoms with E-state index in [2.05, 4.69) is 22.3 Å². The SMILES string of the molecule is CC(NC(=O)Cn1cc(-c2ccccc2)c(N2CCSCC2)n1)c1ccccc1. The monoisotopic (exact) mass is 406 g/mol. The normalized spacial score (nSPS) is 15.1. The van der Waals surface area contributed by atoms with Crippen LogP contribution >= 0.6 is 11.8 Å². The molecule has 3 aromatic rings. The van der Waals surface area contributed by atoms with E-state index < -0.39 is 0 Å². The van der Waals surface area contributed by atoms with Gasteiger partial charge in [0.25, 0.3) is 0 Å². The van der Waals surface area contributed by atoms with Crippen molar-refractivity contribution in [1.82, 2.24) is 15.1 Å². The first-order valence-corrected chi connectivity index (χ1v) is 11.2. The van der Waals surface area contributed by atoms with Crippen molar-refractivity contribution in [2.24, 2.45) is 0 Å². The Kier molecular flexibility index (Phi) is 6.20. The van der Waals surface area contributed by atoms with E-state index in [-0.39, 0.29) is 18.5 Å². The number of thioether (sulfide) groups is 1. The van der Waals surface area contributed by atoms with E-state index >= 15 is 0 Å². The van der Waals surface area contributed by atoms with Crippen LogP contribution in [0.5, 0.6) is 0 Å². The molecule has 1 aromatic heterocycles. The van der Waals surface area contributed by atoms with Gasteiger partial charge in [-0.2, -0.15) is 16.9 Å². The zero-order chi connectivity index (χ0) is 20.1. The minimum absolute atomic E-state index is 0.0357. The molecule has 2 aromatic carbocycles. The molecule has 1 aliphatic rings. The van der Waals surface area contributed by atoms with Gasteiger partial charge in [0.2, 0.25) is 5.91 Å². The first kappa shape index (κ1) is 19.6. The van der Waals surface area contributed by atoms with Gasteiger partial charge in [-0.1, -0.05) is 60.7 Å². The number of hydrogen-bond acceptors (Lipinski definition) is 4. The summed E-state index contributed by atoms with van der Waals surface area (Å²) in [5, 5.41) is 7.88. The second-order valence-electron chi connectivity index (χ2n) is 7.23. The number of aromatic nitrogens is 2. The van der Waals surface area contributed by atoms with Crippen molar-refractivity contribution in [2.75, 3.05) is 29.5 Å². The van der Waals surface area contributed by atoms with Crippen molar-refractivity contribution in [3.05, 3.63) is 72.4 Å². The number of amides is 1. The Morgan fingerprint density at radius 1 is 1.07 bits per heavy atom. The maximum Gasteiger partial charge on any atom is 0.242 e. The predicted molar refractivity (Wildman–Crippen MR) is 120 cm³/mol. The largest absolute Gasteiger partial charge is 0.353 e. The molecule has 6 heteroatoms. The standard InChI is InChI=1S/C23H26N4OS/c1-18(19-8-4-2-5-9-19)24-22(28)17-27-16-21(20-10-6-3-7-11-20)23(25-27)26-12-14-29-15-13-26/h2-11,16,18H,12-15,17H2,1H3,(H,24,28). The Labute approximate surface area is 176 Å². The van der Waals surface area contributed by atoms with Gasteiger partial charge < -0.3 is 10.2 Å². The molecule has 1 fully saturated rings. The molecule has 1 atom stereocenters. The summed E-state index contributed by atoms with van der Waals surface area (Å²) in [7, 11) is 0. The van der Waals surface area contributed by atoms with E-state index in [0.29, 0.717) is 0 Å². The van der Waals surface area contributed by atoms with Gasteiger partial charge in [-0.15, -0.1) is 0 Å². The van der Waals surface area contributed by atoms with Gasteiger partial charge in [-0.05, 0) is 18.1 Å². The zero-order valence-corrected chi connectivity index (χ0v) is 17.4. The highest BCUT2D eigenvalue weighted by atomic mass is 32.2. The topological polar surface area (TPSA) is 50.2 Å². The summed E-state index contributed by atoms with van der Waals surface area (Å²) in [6.45, 7) is 4.18. The summed E-state index contributed by atoms with van der Waals surface area (Å²) >= 11 is 1.98. The summed E-state index contributed by atoms with van der Waals surface area (Å²) in [4.78, 5) is 15.0. The first-order chi connectivity index (χ1) is 14.2. The third-order valence-electron chi connectivity index (χ3n) is 5.12. The number of nitrogens with zero attached hydrogens (tertiary/aromatic N) is 3. The highest BCUT2D eigenvalue weighted by molar-refractivity contribution is 7.99. The number of carbonyl (C=O) groups excluding carboxylic acids is 1. The molecular formula is C23H26N4OS. The molecule has 1 amide bonds. The molecule has 150 valence electrons. The van der Waals surface area contributed by atoms with Gasteiger partial charge >= 0.3 is 0 Å². The molecule has 2 heterocycles. The molecule has 0 radical (unpaired) electrons. The number of benzene rings is 2. The first-order valence-electron chi connectivity index (χ1n) is 10.0. The van der Waals surface area contributed by atoms with E-state index in [9.17, 15) is 4.79 Å². The van der Waals surface area contributed by atoms with Crippen molar-refractivity contribution >= 4 is 23.5 Å². The van der Waals surface area contributed by atoms with Gasteiger partial charge in [-0.3, -0.25) is 9.48 Å². The van der Waals surface area contributed by atoms with Crippen molar-refractivity contribution in [1.29, 1.82) is 0 Å². The fourth-order valence-electron chi connectivity index (χ4n) is 3.58. The molecule has 0 spiro atoms. The van der Waals surface area contributed by atoms with Crippen LogP contribution in [0.3, 0.4) is 0 Å². The van der Waals surface area contributed by atoms with E-state index in [1.165, 1.54) is 0 Å². The van der Waals surface area contributed by atoms with Crippen molar-refractivity contribution < 1.29 is 4.79 Å². The molecule has 0 bridgehead atoms. The molecule has 1 N–H and O–H groups in total. The average molecular weight is 407 g/mol. The zero-order valence-electron chi connectivity index (χ0n) is 16.6.